The highest BCUT2D eigenvalue weighted by Gasteiger charge is 2.43. The van der Waals surface area contributed by atoms with E-state index in [1.54, 1.807) is 7.11 Å². The highest BCUT2D eigenvalue weighted by Crippen LogP contribution is 2.44. The van der Waals surface area contributed by atoms with Gasteiger partial charge in [-0.2, -0.15) is 18.3 Å². The van der Waals surface area contributed by atoms with Crippen LogP contribution in [0.1, 0.15) is 29.5 Å². The number of alkyl halides is 3. The Morgan fingerprint density at radius 1 is 1.22 bits per heavy atom. The molecule has 1 N–H and O–H groups in total. The number of halogens is 3. The van der Waals surface area contributed by atoms with Crippen LogP contribution in [-0.2, 0) is 30.3 Å². The summed E-state index contributed by atoms with van der Waals surface area (Å²) in [6.07, 6.45) is 2.50. The van der Waals surface area contributed by atoms with Gasteiger partial charge < -0.3 is 9.84 Å². The Kier molecular flexibility index (Phi) is 7.14. The molecule has 0 radical (unpaired) electrons. The van der Waals surface area contributed by atoms with E-state index in [1.807, 2.05) is 17.9 Å². The van der Waals surface area contributed by atoms with Crippen molar-refractivity contribution >= 4 is 5.97 Å². The van der Waals surface area contributed by atoms with Gasteiger partial charge in [0, 0.05) is 50.5 Å². The van der Waals surface area contributed by atoms with Crippen LogP contribution in [0, 0.1) is 0 Å². The molecule has 1 aromatic heterocycles. The van der Waals surface area contributed by atoms with Crippen LogP contribution in [0.2, 0.25) is 0 Å². The quantitative estimate of drug-likeness (QED) is 0.769. The molecule has 2 aromatic rings. The van der Waals surface area contributed by atoms with Crippen molar-refractivity contribution in [2.45, 2.75) is 37.5 Å². The SMILES string of the molecule is COc1ccc2c(c1)C1(CCN(Cc3cnn(C)c3)CC1)N(C)CC2.O=C(O)C(F)(F)F. The maximum Gasteiger partial charge on any atom is 0.490 e. The zero-order chi connectivity index (χ0) is 23.5. The summed E-state index contributed by atoms with van der Waals surface area (Å²) in [4.78, 5) is 14.0. The van der Waals surface area contributed by atoms with Gasteiger partial charge in [-0.25, -0.2) is 4.79 Å². The summed E-state index contributed by atoms with van der Waals surface area (Å²) < 4.78 is 39.1. The smallest absolute Gasteiger partial charge is 0.490 e. The number of likely N-dealkylation sites (tertiary alicyclic amines) is 1. The molecule has 7 nitrogen and oxygen atoms in total. The van der Waals surface area contributed by atoms with E-state index < -0.39 is 12.1 Å². The van der Waals surface area contributed by atoms with Crippen LogP contribution < -0.4 is 4.74 Å². The Morgan fingerprint density at radius 2 is 1.88 bits per heavy atom. The molecule has 0 amide bonds. The minimum absolute atomic E-state index is 0.160. The summed E-state index contributed by atoms with van der Waals surface area (Å²) in [5, 5.41) is 11.4. The number of ether oxygens (including phenoxy) is 1. The topological polar surface area (TPSA) is 70.8 Å². The zero-order valence-electron chi connectivity index (χ0n) is 18.5. The number of likely N-dealkylation sites (N-methyl/N-ethyl adjacent to an activating group) is 1. The van der Waals surface area contributed by atoms with Crippen LogP contribution in [0.5, 0.6) is 5.75 Å². The van der Waals surface area contributed by atoms with Crippen LogP contribution in [-0.4, -0.2) is 70.6 Å². The van der Waals surface area contributed by atoms with Crippen molar-refractivity contribution in [2.75, 3.05) is 33.8 Å². The molecule has 0 bridgehead atoms. The standard InChI is InChI=1S/C20H28N4O.C2HF3O2/c1-22-9-6-17-4-5-18(25-3)12-19(17)20(22)7-10-24(11-8-20)15-16-13-21-23(2)14-16;3-2(4,5)1(6)7/h4-5,12-14H,6-11,15H2,1-3H3;(H,6,7). The third-order valence-electron chi connectivity index (χ3n) is 6.36. The number of piperidine rings is 1. The Labute approximate surface area is 185 Å². The van der Waals surface area contributed by atoms with Crippen molar-refractivity contribution in [2.24, 2.45) is 7.05 Å². The average molecular weight is 454 g/mol. The summed E-state index contributed by atoms with van der Waals surface area (Å²) in [5.74, 6) is -1.78. The van der Waals surface area contributed by atoms with Crippen molar-refractivity contribution in [3.05, 3.63) is 47.3 Å². The fraction of sp³-hybridized carbons (Fsp3) is 0.545. The van der Waals surface area contributed by atoms with Crippen LogP contribution in [0.4, 0.5) is 13.2 Å². The largest absolute Gasteiger partial charge is 0.497 e. The van der Waals surface area contributed by atoms with E-state index in [4.69, 9.17) is 14.6 Å². The van der Waals surface area contributed by atoms with Crippen molar-refractivity contribution in [3.8, 4) is 5.75 Å². The first-order chi connectivity index (χ1) is 15.0. The number of carbonyl (C=O) groups is 1. The van der Waals surface area contributed by atoms with Crippen LogP contribution >= 0.6 is 0 Å². The maximum absolute atomic E-state index is 10.6. The number of aryl methyl sites for hydroxylation is 1. The Bertz CT molecular complexity index is 937. The van der Waals surface area contributed by atoms with Gasteiger partial charge in [-0.15, -0.1) is 0 Å². The van der Waals surface area contributed by atoms with Crippen molar-refractivity contribution < 1.29 is 27.8 Å². The number of aliphatic carboxylic acids is 1. The lowest BCUT2D eigenvalue weighted by Gasteiger charge is -2.51. The summed E-state index contributed by atoms with van der Waals surface area (Å²) in [5.41, 5.74) is 4.45. The second kappa shape index (κ2) is 9.50. The highest BCUT2D eigenvalue weighted by molar-refractivity contribution is 5.73. The number of hydrogen-bond donors (Lipinski definition) is 1. The Morgan fingerprint density at radius 3 is 2.41 bits per heavy atom. The van der Waals surface area contributed by atoms with Gasteiger partial charge in [-0.1, -0.05) is 6.07 Å². The van der Waals surface area contributed by atoms with Gasteiger partial charge in [0.25, 0.3) is 0 Å². The van der Waals surface area contributed by atoms with Crippen molar-refractivity contribution in [1.82, 2.24) is 19.6 Å². The van der Waals surface area contributed by atoms with E-state index in [2.05, 4.69) is 46.3 Å². The van der Waals surface area contributed by atoms with Gasteiger partial charge in [0.15, 0.2) is 0 Å². The molecule has 176 valence electrons. The average Bonchev–Trinajstić information content (AvgIpc) is 3.16. The molecule has 4 rings (SSSR count). The van der Waals surface area contributed by atoms with Gasteiger partial charge in [-0.05, 0) is 49.6 Å². The van der Waals surface area contributed by atoms with E-state index >= 15 is 0 Å². The predicted molar refractivity (Wildman–Crippen MR) is 112 cm³/mol. The fourth-order valence-corrected chi connectivity index (χ4v) is 4.59. The first-order valence-corrected chi connectivity index (χ1v) is 10.4. The molecule has 0 unspecified atom stereocenters. The molecule has 0 atom stereocenters. The first kappa shape index (κ1) is 24.1. The van der Waals surface area contributed by atoms with Gasteiger partial charge in [0.05, 0.1) is 13.3 Å². The molecule has 0 aliphatic carbocycles. The number of benzene rings is 1. The molecule has 1 spiro atoms. The first-order valence-electron chi connectivity index (χ1n) is 10.4. The highest BCUT2D eigenvalue weighted by atomic mass is 19.4. The second-order valence-corrected chi connectivity index (χ2v) is 8.33. The number of fused-ring (bicyclic) bond motifs is 2. The van der Waals surface area contributed by atoms with Crippen LogP contribution in [0.25, 0.3) is 0 Å². The number of carboxylic acids is 1. The van der Waals surface area contributed by atoms with Crippen LogP contribution in [0.3, 0.4) is 0 Å². The maximum atomic E-state index is 10.6. The number of rotatable bonds is 3. The van der Waals surface area contributed by atoms with E-state index in [0.717, 1.165) is 38.3 Å². The third kappa shape index (κ3) is 5.24. The van der Waals surface area contributed by atoms with Crippen molar-refractivity contribution in [1.29, 1.82) is 0 Å². The summed E-state index contributed by atoms with van der Waals surface area (Å²) in [6, 6.07) is 6.65. The number of nitrogens with zero attached hydrogens (tertiary/aromatic N) is 4. The van der Waals surface area contributed by atoms with Crippen molar-refractivity contribution in [3.63, 3.8) is 0 Å². The Balaban J connectivity index is 0.000000360. The summed E-state index contributed by atoms with van der Waals surface area (Å²) in [6.45, 7) is 4.38. The lowest BCUT2D eigenvalue weighted by Crippen LogP contribution is -2.54. The normalized spacial score (nSPS) is 18.6. The molecule has 1 aromatic carbocycles. The molecule has 2 aliphatic heterocycles. The van der Waals surface area contributed by atoms with E-state index in [1.165, 1.54) is 29.5 Å². The van der Waals surface area contributed by atoms with Gasteiger partial charge in [-0.3, -0.25) is 14.5 Å². The minimum atomic E-state index is -5.08. The molecule has 10 heteroatoms. The molecule has 3 heterocycles. The third-order valence-corrected chi connectivity index (χ3v) is 6.36. The molecule has 1 saturated heterocycles. The molecular weight excluding hydrogens is 425 g/mol. The predicted octanol–water partition coefficient (Wildman–Crippen LogP) is 3.04. The molecule has 32 heavy (non-hydrogen) atoms. The monoisotopic (exact) mass is 454 g/mol. The van der Waals surface area contributed by atoms with Gasteiger partial charge in [0.1, 0.15) is 5.75 Å². The number of methoxy groups -OCH3 is 1. The number of hydrogen-bond acceptors (Lipinski definition) is 5. The van der Waals surface area contributed by atoms with E-state index in [-0.39, 0.29) is 5.54 Å². The summed E-state index contributed by atoms with van der Waals surface area (Å²) in [7, 11) is 6.03. The minimum Gasteiger partial charge on any atom is -0.497 e. The Hall–Kier alpha value is -2.59. The zero-order valence-corrected chi connectivity index (χ0v) is 18.5. The molecule has 1 fully saturated rings. The van der Waals surface area contributed by atoms with Gasteiger partial charge >= 0.3 is 12.1 Å². The molecule has 2 aliphatic rings. The molecule has 0 saturated carbocycles. The van der Waals surface area contributed by atoms with Crippen LogP contribution in [0.15, 0.2) is 30.6 Å². The number of aromatic nitrogens is 2. The number of carboxylic acid groups (broad SMARTS) is 1. The second-order valence-electron chi connectivity index (χ2n) is 8.33. The molecular formula is C22H29F3N4O3. The van der Waals surface area contributed by atoms with Gasteiger partial charge in [0.2, 0.25) is 0 Å². The van der Waals surface area contributed by atoms with E-state index in [0.29, 0.717) is 0 Å². The van der Waals surface area contributed by atoms with E-state index in [9.17, 15) is 13.2 Å². The summed E-state index contributed by atoms with van der Waals surface area (Å²) >= 11 is 0. The fourth-order valence-electron chi connectivity index (χ4n) is 4.59. The lowest BCUT2D eigenvalue weighted by molar-refractivity contribution is -0.192. The lowest BCUT2D eigenvalue weighted by atomic mass is 9.74.